The summed E-state index contributed by atoms with van der Waals surface area (Å²) in [5.74, 6) is 0.360. The number of carbonyl (C=O) groups is 1. The summed E-state index contributed by atoms with van der Waals surface area (Å²) in [6, 6.07) is 14.4. The number of benzene rings is 2. The molecule has 1 aromatic heterocycles. The summed E-state index contributed by atoms with van der Waals surface area (Å²) in [5, 5.41) is 11.8. The van der Waals surface area contributed by atoms with Crippen molar-refractivity contribution in [2.75, 3.05) is 32.1 Å². The molecule has 0 aliphatic heterocycles. The van der Waals surface area contributed by atoms with E-state index in [2.05, 4.69) is 22.4 Å². The van der Waals surface area contributed by atoms with Crippen molar-refractivity contribution in [3.05, 3.63) is 54.1 Å². The number of thioether (sulfide) groups is 1. The van der Waals surface area contributed by atoms with E-state index in [0.29, 0.717) is 36.2 Å². The van der Waals surface area contributed by atoms with Crippen LogP contribution >= 0.6 is 11.8 Å². The molecular formula is C27H37N5O4S2. The maximum atomic E-state index is 13.1. The normalized spacial score (nSPS) is 13.4. The van der Waals surface area contributed by atoms with Crippen molar-refractivity contribution in [1.29, 1.82) is 0 Å². The molecular weight excluding hydrogens is 522 g/mol. The number of methoxy groups -OCH3 is 1. The maximum absolute atomic E-state index is 13.1. The van der Waals surface area contributed by atoms with E-state index in [1.165, 1.54) is 21.6 Å². The Labute approximate surface area is 230 Å². The highest BCUT2D eigenvalue weighted by atomic mass is 32.2. The Balaban J connectivity index is 1.91. The summed E-state index contributed by atoms with van der Waals surface area (Å²) in [7, 11) is -2.02. The molecule has 3 rings (SSSR count). The van der Waals surface area contributed by atoms with Gasteiger partial charge in [-0.1, -0.05) is 56.8 Å². The van der Waals surface area contributed by atoms with E-state index >= 15 is 0 Å². The summed E-state index contributed by atoms with van der Waals surface area (Å²) in [5.41, 5.74) is 2.56. The smallest absolute Gasteiger partial charge is 0.243 e. The average Bonchev–Trinajstić information content (AvgIpc) is 3.33. The van der Waals surface area contributed by atoms with Gasteiger partial charge in [-0.3, -0.25) is 9.36 Å². The van der Waals surface area contributed by atoms with Crippen LogP contribution in [0.3, 0.4) is 0 Å². The summed E-state index contributed by atoms with van der Waals surface area (Å²) in [6.07, 6.45) is 0.933. The van der Waals surface area contributed by atoms with Gasteiger partial charge in [0.25, 0.3) is 0 Å². The molecule has 0 aliphatic rings. The van der Waals surface area contributed by atoms with Crippen LogP contribution < -0.4 is 5.32 Å². The Bertz CT molecular complexity index is 1320. The van der Waals surface area contributed by atoms with E-state index < -0.39 is 15.3 Å². The van der Waals surface area contributed by atoms with Crippen LogP contribution in [0.5, 0.6) is 0 Å². The van der Waals surface area contributed by atoms with E-state index in [1.54, 1.807) is 25.3 Å². The minimum Gasteiger partial charge on any atom is -0.383 e. The molecule has 206 valence electrons. The molecule has 1 N–H and O–H groups in total. The number of sulfonamides is 1. The molecule has 1 heterocycles. The van der Waals surface area contributed by atoms with Gasteiger partial charge in [0.1, 0.15) is 0 Å². The van der Waals surface area contributed by atoms with Crippen molar-refractivity contribution in [3.8, 4) is 11.4 Å². The van der Waals surface area contributed by atoms with Crippen LogP contribution in [-0.4, -0.2) is 65.5 Å². The number of hydrogen-bond donors (Lipinski definition) is 1. The van der Waals surface area contributed by atoms with Gasteiger partial charge in [0.05, 0.1) is 22.8 Å². The van der Waals surface area contributed by atoms with Crippen molar-refractivity contribution in [1.82, 2.24) is 19.1 Å². The molecule has 0 radical (unpaired) electrons. The van der Waals surface area contributed by atoms with Crippen LogP contribution in [0.1, 0.15) is 46.2 Å². The molecule has 3 aromatic rings. The molecule has 0 saturated heterocycles. The van der Waals surface area contributed by atoms with E-state index in [4.69, 9.17) is 4.74 Å². The molecule has 1 amide bonds. The fraction of sp³-hybridized carbons (Fsp3) is 0.444. The number of carbonyl (C=O) groups excluding carboxylic acids is 1. The molecule has 0 spiro atoms. The van der Waals surface area contributed by atoms with E-state index in [-0.39, 0.29) is 16.8 Å². The van der Waals surface area contributed by atoms with Gasteiger partial charge in [-0.25, -0.2) is 8.42 Å². The van der Waals surface area contributed by atoms with Gasteiger partial charge in [-0.05, 0) is 50.1 Å². The number of nitrogens with one attached hydrogen (secondary N) is 1. The number of amides is 1. The van der Waals surface area contributed by atoms with Gasteiger partial charge < -0.3 is 10.1 Å². The zero-order chi connectivity index (χ0) is 27.9. The van der Waals surface area contributed by atoms with Gasteiger partial charge in [0.15, 0.2) is 11.0 Å². The first-order valence-corrected chi connectivity index (χ1v) is 15.1. The largest absolute Gasteiger partial charge is 0.383 e. The fourth-order valence-electron chi connectivity index (χ4n) is 4.05. The molecule has 0 saturated carbocycles. The zero-order valence-corrected chi connectivity index (χ0v) is 24.5. The summed E-state index contributed by atoms with van der Waals surface area (Å²) in [4.78, 5) is 13.1. The topological polar surface area (TPSA) is 106 Å². The lowest BCUT2D eigenvalue weighted by molar-refractivity contribution is -0.115. The quantitative estimate of drug-likeness (QED) is 0.298. The number of hydrogen-bond acceptors (Lipinski definition) is 7. The molecule has 0 aliphatic carbocycles. The second kappa shape index (κ2) is 13.4. The maximum Gasteiger partial charge on any atom is 0.243 e. The molecule has 0 bridgehead atoms. The number of aromatic nitrogens is 3. The Hall–Kier alpha value is -2.73. The standard InChI is InChI=1S/C27H37N5O4S2/c1-7-21-13-15-23(16-14-21)28-26(33)20(5)37-27-30-29-25(32(27)19(4)18-36-6)22-11-10-12-24(17-22)38(34,35)31(8-2)9-3/h10-17,19-20H,7-9,18H2,1-6H3,(H,28,33). The van der Waals surface area contributed by atoms with Crippen LogP contribution in [-0.2, 0) is 26.0 Å². The lowest BCUT2D eigenvalue weighted by Crippen LogP contribution is -2.30. The average molecular weight is 560 g/mol. The second-order valence-electron chi connectivity index (χ2n) is 8.90. The predicted molar refractivity (Wildman–Crippen MR) is 152 cm³/mol. The number of rotatable bonds is 13. The van der Waals surface area contributed by atoms with Crippen molar-refractivity contribution >= 4 is 33.4 Å². The number of aryl methyl sites for hydroxylation is 1. The molecule has 38 heavy (non-hydrogen) atoms. The molecule has 11 heteroatoms. The Morgan fingerprint density at radius 3 is 2.37 bits per heavy atom. The summed E-state index contributed by atoms with van der Waals surface area (Å²) < 4.78 is 35.0. The molecule has 9 nitrogen and oxygen atoms in total. The number of nitrogens with zero attached hydrogens (tertiary/aromatic N) is 4. The highest BCUT2D eigenvalue weighted by Crippen LogP contribution is 2.32. The summed E-state index contributed by atoms with van der Waals surface area (Å²) in [6.45, 7) is 10.7. The number of ether oxygens (including phenoxy) is 1. The van der Waals surface area contributed by atoms with E-state index in [0.717, 1.165) is 12.1 Å². The lowest BCUT2D eigenvalue weighted by Gasteiger charge is -2.20. The first-order chi connectivity index (χ1) is 18.2. The predicted octanol–water partition coefficient (Wildman–Crippen LogP) is 4.86. The number of anilines is 1. The zero-order valence-electron chi connectivity index (χ0n) is 22.8. The Kier molecular flexibility index (Phi) is 10.5. The molecule has 2 unspecified atom stereocenters. The molecule has 2 atom stereocenters. The highest BCUT2D eigenvalue weighted by molar-refractivity contribution is 8.00. The van der Waals surface area contributed by atoms with Crippen molar-refractivity contribution < 1.29 is 17.9 Å². The fourth-order valence-corrected chi connectivity index (χ4v) is 6.51. The lowest BCUT2D eigenvalue weighted by atomic mass is 10.1. The van der Waals surface area contributed by atoms with Crippen molar-refractivity contribution in [2.45, 2.75) is 62.4 Å². The van der Waals surface area contributed by atoms with E-state index in [9.17, 15) is 13.2 Å². The molecule has 0 fully saturated rings. The van der Waals surface area contributed by atoms with Gasteiger partial charge in [0.2, 0.25) is 15.9 Å². The minimum atomic E-state index is -3.64. The SMILES string of the molecule is CCc1ccc(NC(=O)C(C)Sc2nnc(-c3cccc(S(=O)(=O)N(CC)CC)c3)n2C(C)COC)cc1. The first-order valence-electron chi connectivity index (χ1n) is 12.8. The van der Waals surface area contributed by atoms with Gasteiger partial charge >= 0.3 is 0 Å². The van der Waals surface area contributed by atoms with Gasteiger partial charge in [-0.2, -0.15) is 4.31 Å². The van der Waals surface area contributed by atoms with Crippen LogP contribution in [0.25, 0.3) is 11.4 Å². The Morgan fingerprint density at radius 2 is 1.76 bits per heavy atom. The van der Waals surface area contributed by atoms with Crippen LogP contribution in [0, 0.1) is 0 Å². The minimum absolute atomic E-state index is 0.151. The third-order valence-corrected chi connectivity index (χ3v) is 9.33. The van der Waals surface area contributed by atoms with Crippen molar-refractivity contribution in [2.24, 2.45) is 0 Å². The van der Waals surface area contributed by atoms with Crippen LogP contribution in [0.2, 0.25) is 0 Å². The van der Waals surface area contributed by atoms with Gasteiger partial charge in [0, 0.05) is 31.5 Å². The highest BCUT2D eigenvalue weighted by Gasteiger charge is 2.26. The second-order valence-corrected chi connectivity index (χ2v) is 12.1. The Morgan fingerprint density at radius 1 is 1.08 bits per heavy atom. The van der Waals surface area contributed by atoms with E-state index in [1.807, 2.05) is 62.6 Å². The summed E-state index contributed by atoms with van der Waals surface area (Å²) >= 11 is 1.29. The third kappa shape index (κ3) is 6.82. The third-order valence-electron chi connectivity index (χ3n) is 6.23. The van der Waals surface area contributed by atoms with Crippen molar-refractivity contribution in [3.63, 3.8) is 0 Å². The molecule has 2 aromatic carbocycles. The van der Waals surface area contributed by atoms with Crippen LogP contribution in [0.4, 0.5) is 5.69 Å². The first kappa shape index (κ1) is 29.8. The monoisotopic (exact) mass is 559 g/mol. The van der Waals surface area contributed by atoms with Gasteiger partial charge in [-0.15, -0.1) is 10.2 Å². The van der Waals surface area contributed by atoms with Crippen LogP contribution in [0.15, 0.2) is 58.6 Å².